The lowest BCUT2D eigenvalue weighted by atomic mass is 9.78. The van der Waals surface area contributed by atoms with E-state index in [1.54, 1.807) is 6.07 Å². The maximum Gasteiger partial charge on any atom is 0.291 e. The van der Waals surface area contributed by atoms with Crippen LogP contribution in [0.3, 0.4) is 0 Å². The number of halogens is 5. The maximum atomic E-state index is 14.2. The van der Waals surface area contributed by atoms with Crippen LogP contribution in [0, 0.1) is 42.9 Å². The van der Waals surface area contributed by atoms with E-state index >= 15 is 0 Å². The van der Waals surface area contributed by atoms with Crippen molar-refractivity contribution >= 4 is 11.6 Å². The van der Waals surface area contributed by atoms with Gasteiger partial charge in [0, 0.05) is 5.41 Å². The molecule has 0 radical (unpaired) electrons. The van der Waals surface area contributed by atoms with Crippen molar-refractivity contribution in [3.05, 3.63) is 135 Å². The van der Waals surface area contributed by atoms with Gasteiger partial charge in [-0.3, -0.25) is 9.48 Å². The van der Waals surface area contributed by atoms with E-state index in [4.69, 9.17) is 9.15 Å². The molecule has 0 bridgehead atoms. The zero-order valence-corrected chi connectivity index (χ0v) is 24.3. The SMILES string of the molecule is Cc1nn(Cc2c(F)c(F)c(F)c(F)c2F)c(C)c1NC(=O)c1ccc(COc2ccc(C(C)(C)c3ccccc3)cc2)o1. The molecule has 0 aliphatic carbocycles. The molecule has 5 rings (SSSR count). The molecule has 0 unspecified atom stereocenters. The van der Waals surface area contributed by atoms with Crippen LogP contribution in [0.5, 0.6) is 5.75 Å². The first kappa shape index (κ1) is 30.5. The van der Waals surface area contributed by atoms with Gasteiger partial charge in [-0.25, -0.2) is 22.0 Å². The summed E-state index contributed by atoms with van der Waals surface area (Å²) in [5, 5.41) is 6.73. The van der Waals surface area contributed by atoms with Crippen molar-refractivity contribution in [2.75, 3.05) is 5.32 Å². The first-order chi connectivity index (χ1) is 20.9. The largest absolute Gasteiger partial charge is 0.486 e. The summed E-state index contributed by atoms with van der Waals surface area (Å²) >= 11 is 0. The van der Waals surface area contributed by atoms with Crippen LogP contribution in [-0.2, 0) is 18.6 Å². The number of anilines is 1. The number of aryl methyl sites for hydroxylation is 1. The average Bonchev–Trinajstić information content (AvgIpc) is 3.61. The molecule has 1 N–H and O–H groups in total. The van der Waals surface area contributed by atoms with Crippen molar-refractivity contribution < 1.29 is 35.9 Å². The molecule has 44 heavy (non-hydrogen) atoms. The van der Waals surface area contributed by atoms with Gasteiger partial charge >= 0.3 is 0 Å². The molecule has 0 aliphatic heterocycles. The van der Waals surface area contributed by atoms with Crippen LogP contribution >= 0.6 is 0 Å². The van der Waals surface area contributed by atoms with Crippen LogP contribution in [0.25, 0.3) is 0 Å². The number of aromatic nitrogens is 2. The zero-order chi connectivity index (χ0) is 31.8. The van der Waals surface area contributed by atoms with Crippen LogP contribution in [0.1, 0.15) is 58.2 Å². The van der Waals surface area contributed by atoms with Crippen molar-refractivity contribution in [1.29, 1.82) is 0 Å². The molecule has 2 heterocycles. The Hall–Kier alpha value is -4.93. The van der Waals surface area contributed by atoms with Gasteiger partial charge in [0.25, 0.3) is 5.91 Å². The lowest BCUT2D eigenvalue weighted by molar-refractivity contribution is 0.0992. The van der Waals surface area contributed by atoms with E-state index in [1.165, 1.54) is 25.5 Å². The third kappa shape index (κ3) is 5.82. The molecule has 5 aromatic rings. The summed E-state index contributed by atoms with van der Waals surface area (Å²) in [6.07, 6.45) is 0. The maximum absolute atomic E-state index is 14.2. The number of nitrogens with zero attached hydrogens (tertiary/aromatic N) is 2. The number of nitrogens with one attached hydrogen (secondary N) is 1. The van der Waals surface area contributed by atoms with E-state index < -0.39 is 47.1 Å². The summed E-state index contributed by atoms with van der Waals surface area (Å²) < 4.78 is 81.7. The molecular weight excluding hydrogens is 581 g/mol. The highest BCUT2D eigenvalue weighted by Gasteiger charge is 2.27. The number of hydrogen-bond donors (Lipinski definition) is 1. The molecular formula is C33H28F5N3O3. The van der Waals surface area contributed by atoms with E-state index in [0.29, 0.717) is 11.5 Å². The Bertz CT molecular complexity index is 1800. The third-order valence-corrected chi connectivity index (χ3v) is 7.57. The number of amides is 1. The Morgan fingerprint density at radius 2 is 1.43 bits per heavy atom. The fourth-order valence-corrected chi connectivity index (χ4v) is 4.87. The van der Waals surface area contributed by atoms with Crippen LogP contribution in [0.4, 0.5) is 27.6 Å². The highest BCUT2D eigenvalue weighted by molar-refractivity contribution is 6.02. The fourth-order valence-electron chi connectivity index (χ4n) is 4.87. The van der Waals surface area contributed by atoms with Crippen molar-refractivity contribution in [2.24, 2.45) is 0 Å². The number of carbonyl (C=O) groups is 1. The molecule has 6 nitrogen and oxygen atoms in total. The van der Waals surface area contributed by atoms with Crippen molar-refractivity contribution in [1.82, 2.24) is 9.78 Å². The van der Waals surface area contributed by atoms with Gasteiger partial charge in [-0.2, -0.15) is 5.10 Å². The predicted octanol–water partition coefficient (Wildman–Crippen LogP) is 7.99. The minimum atomic E-state index is -2.24. The smallest absolute Gasteiger partial charge is 0.291 e. The lowest BCUT2D eigenvalue weighted by Gasteiger charge is -2.26. The first-order valence-corrected chi connectivity index (χ1v) is 13.6. The van der Waals surface area contributed by atoms with Crippen LogP contribution in [0.15, 0.2) is 71.1 Å². The number of furan rings is 1. The molecule has 1 amide bonds. The van der Waals surface area contributed by atoms with E-state index in [1.807, 2.05) is 42.5 Å². The van der Waals surface area contributed by atoms with Gasteiger partial charge < -0.3 is 14.5 Å². The standard InChI is InChI=1S/C33H28F5N3O3/c1-18-31(19(2)41(40-18)16-24-26(34)28(36)30(38)29(37)27(24)35)39-32(42)25-15-14-23(44-25)17-43-22-12-10-21(11-13-22)33(3,4)20-8-6-5-7-9-20/h5-15H,16-17H2,1-4H3,(H,39,42). The Morgan fingerprint density at radius 3 is 2.07 bits per heavy atom. The highest BCUT2D eigenvalue weighted by atomic mass is 19.2. The molecule has 0 saturated carbocycles. The summed E-state index contributed by atoms with van der Waals surface area (Å²) in [6.45, 7) is 6.61. The molecule has 228 valence electrons. The first-order valence-electron chi connectivity index (χ1n) is 13.6. The normalized spacial score (nSPS) is 11.6. The van der Waals surface area contributed by atoms with Gasteiger partial charge in [0.05, 0.1) is 29.2 Å². The third-order valence-electron chi connectivity index (χ3n) is 7.57. The summed E-state index contributed by atoms with van der Waals surface area (Å²) in [4.78, 5) is 12.9. The summed E-state index contributed by atoms with van der Waals surface area (Å²) in [5.41, 5.74) is 1.76. The Kier molecular flexibility index (Phi) is 8.31. The predicted molar refractivity (Wildman–Crippen MR) is 153 cm³/mol. The minimum absolute atomic E-state index is 0.0325. The monoisotopic (exact) mass is 609 g/mol. The van der Waals surface area contributed by atoms with E-state index in [-0.39, 0.29) is 34.9 Å². The number of rotatable bonds is 9. The zero-order valence-electron chi connectivity index (χ0n) is 24.3. The molecule has 0 aliphatic rings. The Morgan fingerprint density at radius 1 is 0.841 bits per heavy atom. The van der Waals surface area contributed by atoms with E-state index in [0.717, 1.165) is 10.2 Å². The molecule has 0 spiro atoms. The number of benzene rings is 3. The number of ether oxygens (including phenoxy) is 1. The van der Waals surface area contributed by atoms with Crippen LogP contribution in [0.2, 0.25) is 0 Å². The van der Waals surface area contributed by atoms with Crippen molar-refractivity contribution in [3.63, 3.8) is 0 Å². The van der Waals surface area contributed by atoms with Gasteiger partial charge in [-0.1, -0.05) is 56.3 Å². The quantitative estimate of drug-likeness (QED) is 0.105. The van der Waals surface area contributed by atoms with E-state index in [9.17, 15) is 26.7 Å². The molecule has 0 saturated heterocycles. The van der Waals surface area contributed by atoms with Gasteiger partial charge in [-0.05, 0) is 49.2 Å². The highest BCUT2D eigenvalue weighted by Crippen LogP contribution is 2.32. The topological polar surface area (TPSA) is 69.3 Å². The summed E-state index contributed by atoms with van der Waals surface area (Å²) in [5.74, 6) is -9.89. The molecule has 11 heteroatoms. The Balaban J connectivity index is 1.23. The summed E-state index contributed by atoms with van der Waals surface area (Å²) in [7, 11) is 0. The van der Waals surface area contributed by atoms with Crippen LogP contribution in [-0.4, -0.2) is 15.7 Å². The molecule has 0 fully saturated rings. The van der Waals surface area contributed by atoms with Crippen molar-refractivity contribution in [3.8, 4) is 5.75 Å². The van der Waals surface area contributed by atoms with Gasteiger partial charge in [-0.15, -0.1) is 0 Å². The van der Waals surface area contributed by atoms with Gasteiger partial charge in [0.2, 0.25) is 5.82 Å². The molecule has 2 aromatic heterocycles. The average molecular weight is 610 g/mol. The second-order valence-electron chi connectivity index (χ2n) is 10.8. The second-order valence-corrected chi connectivity index (χ2v) is 10.8. The van der Waals surface area contributed by atoms with E-state index in [2.05, 4.69) is 36.4 Å². The van der Waals surface area contributed by atoms with Gasteiger partial charge in [0.1, 0.15) is 18.1 Å². The fraction of sp³-hybridized carbons (Fsp3) is 0.212. The summed E-state index contributed by atoms with van der Waals surface area (Å²) in [6, 6.07) is 21.0. The van der Waals surface area contributed by atoms with Crippen molar-refractivity contribution in [2.45, 2.75) is 46.3 Å². The number of carbonyl (C=O) groups excluding carboxylic acids is 1. The lowest BCUT2D eigenvalue weighted by Crippen LogP contribution is -2.18. The Labute approximate surface area is 250 Å². The minimum Gasteiger partial charge on any atom is -0.486 e. The second kappa shape index (κ2) is 12.0. The molecule has 0 atom stereocenters. The van der Waals surface area contributed by atoms with Gasteiger partial charge in [0.15, 0.2) is 29.0 Å². The number of hydrogen-bond acceptors (Lipinski definition) is 4. The molecule has 3 aromatic carbocycles. The van der Waals surface area contributed by atoms with Crippen LogP contribution < -0.4 is 10.1 Å².